The van der Waals surface area contributed by atoms with Crippen LogP contribution in [0, 0.1) is 5.92 Å². The van der Waals surface area contributed by atoms with Gasteiger partial charge in [-0.3, -0.25) is 9.59 Å². The minimum atomic E-state index is -0.110. The van der Waals surface area contributed by atoms with Gasteiger partial charge in [0.25, 0.3) is 5.91 Å². The standard InChI is InChI=1S/C18H20ClN3O3/c19-15-5-6-16(20-12-15)21-17(23)11-13-1-3-14(4-2-13)18(24)22-7-9-25-10-8-22/h1,3-6,12-13H,2,7-11H2,(H,20,21,23). The zero-order valence-electron chi connectivity index (χ0n) is 13.8. The van der Waals surface area contributed by atoms with Crippen molar-refractivity contribution in [3.63, 3.8) is 0 Å². The van der Waals surface area contributed by atoms with Gasteiger partial charge in [-0.05, 0) is 24.5 Å². The Labute approximate surface area is 151 Å². The fourth-order valence-electron chi connectivity index (χ4n) is 2.81. The molecule has 25 heavy (non-hydrogen) atoms. The molecule has 2 aliphatic rings. The average Bonchev–Trinajstić information content (AvgIpc) is 2.64. The van der Waals surface area contributed by atoms with E-state index in [-0.39, 0.29) is 17.7 Å². The molecule has 1 atom stereocenters. The predicted octanol–water partition coefficient (Wildman–Crippen LogP) is 2.42. The summed E-state index contributed by atoms with van der Waals surface area (Å²) in [5.41, 5.74) is 0.693. The highest BCUT2D eigenvalue weighted by molar-refractivity contribution is 6.30. The van der Waals surface area contributed by atoms with Crippen molar-refractivity contribution in [3.8, 4) is 0 Å². The Morgan fingerprint density at radius 1 is 1.32 bits per heavy atom. The monoisotopic (exact) mass is 361 g/mol. The molecular weight excluding hydrogens is 342 g/mol. The summed E-state index contributed by atoms with van der Waals surface area (Å²) in [6, 6.07) is 3.34. The highest BCUT2D eigenvalue weighted by Crippen LogP contribution is 2.22. The molecule has 6 nitrogen and oxygen atoms in total. The number of rotatable bonds is 4. The van der Waals surface area contributed by atoms with Crippen molar-refractivity contribution in [1.29, 1.82) is 0 Å². The number of carbonyl (C=O) groups excluding carboxylic acids is 2. The number of carbonyl (C=O) groups is 2. The highest BCUT2D eigenvalue weighted by atomic mass is 35.5. The van der Waals surface area contributed by atoms with Crippen molar-refractivity contribution in [2.24, 2.45) is 5.92 Å². The number of hydrogen-bond donors (Lipinski definition) is 1. The molecule has 1 aliphatic heterocycles. The van der Waals surface area contributed by atoms with Crippen molar-refractivity contribution in [3.05, 3.63) is 47.2 Å². The van der Waals surface area contributed by atoms with Gasteiger partial charge in [-0.2, -0.15) is 0 Å². The molecule has 0 spiro atoms. The molecule has 1 unspecified atom stereocenters. The van der Waals surface area contributed by atoms with Crippen LogP contribution in [-0.4, -0.2) is 48.0 Å². The number of hydrogen-bond acceptors (Lipinski definition) is 4. The maximum absolute atomic E-state index is 12.4. The molecule has 1 fully saturated rings. The summed E-state index contributed by atoms with van der Waals surface area (Å²) >= 11 is 5.77. The lowest BCUT2D eigenvalue weighted by molar-refractivity contribution is -0.130. The van der Waals surface area contributed by atoms with E-state index >= 15 is 0 Å². The third-order valence-corrected chi connectivity index (χ3v) is 4.40. The fourth-order valence-corrected chi connectivity index (χ4v) is 2.92. The Kier molecular flexibility index (Phi) is 5.83. The molecule has 1 N–H and O–H groups in total. The largest absolute Gasteiger partial charge is 0.378 e. The van der Waals surface area contributed by atoms with Gasteiger partial charge in [0, 0.05) is 31.3 Å². The fraction of sp³-hybridized carbons (Fsp3) is 0.389. The Morgan fingerprint density at radius 2 is 2.12 bits per heavy atom. The van der Waals surface area contributed by atoms with Crippen molar-refractivity contribution >= 4 is 29.2 Å². The molecule has 1 saturated heterocycles. The SMILES string of the molecule is O=C(CC1C=CC(C(=O)N2CCOCC2)=CC1)Nc1ccc(Cl)cn1. The predicted molar refractivity (Wildman–Crippen MR) is 95.2 cm³/mol. The molecule has 1 aromatic heterocycles. The van der Waals surface area contributed by atoms with Crippen molar-refractivity contribution in [2.75, 3.05) is 31.6 Å². The minimum absolute atomic E-state index is 0.0350. The summed E-state index contributed by atoms with van der Waals surface area (Å²) < 4.78 is 5.27. The number of pyridine rings is 1. The van der Waals surface area contributed by atoms with E-state index < -0.39 is 0 Å². The highest BCUT2D eigenvalue weighted by Gasteiger charge is 2.22. The third-order valence-electron chi connectivity index (χ3n) is 4.18. The third kappa shape index (κ3) is 4.90. The molecule has 3 rings (SSSR count). The molecular formula is C18H20ClN3O3. The topological polar surface area (TPSA) is 71.5 Å². The number of aromatic nitrogens is 1. The molecule has 0 aromatic carbocycles. The quantitative estimate of drug-likeness (QED) is 0.894. The summed E-state index contributed by atoms with van der Waals surface area (Å²) in [7, 11) is 0. The van der Waals surface area contributed by atoms with Gasteiger partial charge < -0.3 is 15.0 Å². The second kappa shape index (κ2) is 8.27. The van der Waals surface area contributed by atoms with Crippen LogP contribution in [0.25, 0.3) is 0 Å². The van der Waals surface area contributed by atoms with Crippen LogP contribution in [0.5, 0.6) is 0 Å². The lowest BCUT2D eigenvalue weighted by Gasteiger charge is -2.28. The van der Waals surface area contributed by atoms with Gasteiger partial charge in [-0.15, -0.1) is 0 Å². The smallest absolute Gasteiger partial charge is 0.253 e. The van der Waals surface area contributed by atoms with Gasteiger partial charge in [0.15, 0.2) is 0 Å². The van der Waals surface area contributed by atoms with Crippen LogP contribution in [0.3, 0.4) is 0 Å². The van der Waals surface area contributed by atoms with Crippen LogP contribution in [-0.2, 0) is 14.3 Å². The first-order chi connectivity index (χ1) is 12.1. The molecule has 0 radical (unpaired) electrons. The first-order valence-corrected chi connectivity index (χ1v) is 8.66. The maximum Gasteiger partial charge on any atom is 0.253 e. The van der Waals surface area contributed by atoms with Gasteiger partial charge in [-0.1, -0.05) is 29.8 Å². The van der Waals surface area contributed by atoms with Gasteiger partial charge in [0.1, 0.15) is 5.82 Å². The second-order valence-electron chi connectivity index (χ2n) is 6.03. The van der Waals surface area contributed by atoms with Gasteiger partial charge in [0.2, 0.25) is 5.91 Å². The van der Waals surface area contributed by atoms with E-state index in [0.29, 0.717) is 55.6 Å². The molecule has 2 heterocycles. The van der Waals surface area contributed by atoms with Crippen molar-refractivity contribution < 1.29 is 14.3 Å². The number of halogens is 1. The van der Waals surface area contributed by atoms with E-state index in [1.807, 2.05) is 18.2 Å². The Bertz CT molecular complexity index is 694. The van der Waals surface area contributed by atoms with E-state index in [1.54, 1.807) is 17.0 Å². The Morgan fingerprint density at radius 3 is 2.76 bits per heavy atom. The number of nitrogens with one attached hydrogen (secondary N) is 1. The van der Waals surface area contributed by atoms with E-state index in [4.69, 9.17) is 16.3 Å². The normalized spacial score (nSPS) is 20.1. The van der Waals surface area contributed by atoms with Gasteiger partial charge >= 0.3 is 0 Å². The number of nitrogens with zero attached hydrogens (tertiary/aromatic N) is 2. The van der Waals surface area contributed by atoms with E-state index in [1.165, 1.54) is 6.20 Å². The summed E-state index contributed by atoms with van der Waals surface area (Å²) in [4.78, 5) is 30.4. The Hall–Kier alpha value is -2.18. The van der Waals surface area contributed by atoms with Crippen LogP contribution < -0.4 is 5.32 Å². The summed E-state index contributed by atoms with van der Waals surface area (Å²) in [6.07, 6.45) is 8.17. The van der Waals surface area contributed by atoms with Crippen molar-refractivity contribution in [2.45, 2.75) is 12.8 Å². The number of allylic oxidation sites excluding steroid dienone is 2. The van der Waals surface area contributed by atoms with E-state index in [2.05, 4.69) is 10.3 Å². The van der Waals surface area contributed by atoms with Gasteiger partial charge in [-0.25, -0.2) is 4.98 Å². The molecule has 0 saturated carbocycles. The molecule has 2 amide bonds. The molecule has 7 heteroatoms. The van der Waals surface area contributed by atoms with Crippen LogP contribution in [0.1, 0.15) is 12.8 Å². The summed E-state index contributed by atoms with van der Waals surface area (Å²) in [5, 5.41) is 3.27. The number of morpholine rings is 1. The lowest BCUT2D eigenvalue weighted by atomic mass is 9.93. The molecule has 132 valence electrons. The number of amides is 2. The van der Waals surface area contributed by atoms with Crippen LogP contribution in [0.2, 0.25) is 5.02 Å². The first kappa shape index (κ1) is 17.6. The van der Waals surface area contributed by atoms with E-state index in [9.17, 15) is 9.59 Å². The second-order valence-corrected chi connectivity index (χ2v) is 6.47. The van der Waals surface area contributed by atoms with Crippen LogP contribution in [0.4, 0.5) is 5.82 Å². The minimum Gasteiger partial charge on any atom is -0.378 e. The number of ether oxygens (including phenoxy) is 1. The molecule has 1 aromatic rings. The first-order valence-electron chi connectivity index (χ1n) is 8.28. The van der Waals surface area contributed by atoms with Gasteiger partial charge in [0.05, 0.1) is 18.2 Å². The van der Waals surface area contributed by atoms with Crippen molar-refractivity contribution in [1.82, 2.24) is 9.88 Å². The zero-order valence-corrected chi connectivity index (χ0v) is 14.5. The van der Waals surface area contributed by atoms with Crippen LogP contribution >= 0.6 is 11.6 Å². The molecule has 1 aliphatic carbocycles. The maximum atomic E-state index is 12.4. The summed E-state index contributed by atoms with van der Waals surface area (Å²) in [6.45, 7) is 2.43. The molecule has 0 bridgehead atoms. The Balaban J connectivity index is 1.49. The lowest BCUT2D eigenvalue weighted by Crippen LogP contribution is -2.41. The van der Waals surface area contributed by atoms with Crippen LogP contribution in [0.15, 0.2) is 42.1 Å². The zero-order chi connectivity index (χ0) is 17.6. The average molecular weight is 362 g/mol. The summed E-state index contributed by atoms with van der Waals surface area (Å²) in [5.74, 6) is 0.482. The van der Waals surface area contributed by atoms with E-state index in [0.717, 1.165) is 0 Å². The number of anilines is 1.